The summed E-state index contributed by atoms with van der Waals surface area (Å²) in [4.78, 5) is 14.6. The number of nitrogens with zero attached hydrogens (tertiary/aromatic N) is 1. The minimum atomic E-state index is -0.843. The second-order valence-electron chi connectivity index (χ2n) is 8.86. The van der Waals surface area contributed by atoms with Gasteiger partial charge in [-0.15, -0.1) is 0 Å². The van der Waals surface area contributed by atoms with Crippen molar-refractivity contribution in [2.45, 2.75) is 31.1 Å². The Morgan fingerprint density at radius 3 is 2.19 bits per heavy atom. The van der Waals surface area contributed by atoms with Gasteiger partial charge in [0.15, 0.2) is 0 Å². The van der Waals surface area contributed by atoms with Crippen LogP contribution in [0.15, 0.2) is 103 Å². The summed E-state index contributed by atoms with van der Waals surface area (Å²) in [5.74, 6) is -0.312. The van der Waals surface area contributed by atoms with Crippen molar-refractivity contribution in [2.24, 2.45) is 0 Å². The number of phenolic OH excluding ortho intramolecular Hbond substituents is 1. The maximum Gasteiger partial charge on any atom is 0.415 e. The van der Waals surface area contributed by atoms with E-state index in [9.17, 15) is 19.4 Å². The van der Waals surface area contributed by atoms with Crippen LogP contribution in [0.3, 0.4) is 0 Å². The van der Waals surface area contributed by atoms with Crippen LogP contribution in [0.1, 0.15) is 36.1 Å². The van der Waals surface area contributed by atoms with E-state index in [4.69, 9.17) is 4.74 Å². The third-order valence-corrected chi connectivity index (χ3v) is 6.55. The molecule has 2 N–H and O–H groups in total. The smallest absolute Gasteiger partial charge is 0.415 e. The lowest BCUT2D eigenvalue weighted by molar-refractivity contribution is 0.100. The molecule has 1 aliphatic rings. The van der Waals surface area contributed by atoms with Crippen molar-refractivity contribution in [3.63, 3.8) is 0 Å². The molecule has 5 rings (SSSR count). The minimum absolute atomic E-state index is 0.0599. The number of cyclic esters (lactones) is 1. The van der Waals surface area contributed by atoms with Gasteiger partial charge in [-0.05, 0) is 59.9 Å². The molecule has 0 aliphatic carbocycles. The Morgan fingerprint density at radius 1 is 0.861 bits per heavy atom. The van der Waals surface area contributed by atoms with Crippen LogP contribution >= 0.6 is 0 Å². The first-order chi connectivity index (χ1) is 17.5. The Bertz CT molecular complexity index is 1330. The molecule has 6 heteroatoms. The topological polar surface area (TPSA) is 70.0 Å². The molecule has 3 atom stereocenters. The molecule has 4 aromatic rings. The molecule has 36 heavy (non-hydrogen) atoms. The summed E-state index contributed by atoms with van der Waals surface area (Å²) in [5.41, 5.74) is 3.63. The molecular formula is C30H26FNO4. The summed E-state index contributed by atoms with van der Waals surface area (Å²) in [5, 5.41) is 21.8. The minimum Gasteiger partial charge on any atom is -0.508 e. The quantitative estimate of drug-likeness (QED) is 0.304. The molecule has 0 saturated carbocycles. The zero-order valence-electron chi connectivity index (χ0n) is 19.5. The number of ether oxygens (including phenoxy) is 1. The fourth-order valence-corrected chi connectivity index (χ4v) is 4.72. The van der Waals surface area contributed by atoms with Crippen LogP contribution in [-0.4, -0.2) is 22.4 Å². The van der Waals surface area contributed by atoms with Gasteiger partial charge in [0, 0.05) is 11.3 Å². The summed E-state index contributed by atoms with van der Waals surface area (Å²) in [7, 11) is 0. The largest absolute Gasteiger partial charge is 0.508 e. The molecule has 0 radical (unpaired) electrons. The second kappa shape index (κ2) is 10.2. The molecule has 4 aromatic carbocycles. The molecular weight excluding hydrogens is 457 g/mol. The van der Waals surface area contributed by atoms with E-state index in [0.29, 0.717) is 29.7 Å². The maximum atomic E-state index is 13.3. The highest BCUT2D eigenvalue weighted by atomic mass is 19.1. The SMILES string of the molecule is O=C1OC(CCC(O)c2ccc(F)cc2)C(c2ccc(-c3ccccc3)cc2O)N1c1ccccc1. The van der Waals surface area contributed by atoms with Crippen molar-refractivity contribution in [2.75, 3.05) is 4.90 Å². The fraction of sp³-hybridized carbons (Fsp3) is 0.167. The van der Waals surface area contributed by atoms with Crippen LogP contribution in [0, 0.1) is 5.82 Å². The lowest BCUT2D eigenvalue weighted by Gasteiger charge is -2.26. The molecule has 1 amide bonds. The van der Waals surface area contributed by atoms with E-state index in [1.807, 2.05) is 72.8 Å². The molecule has 0 spiro atoms. The predicted octanol–water partition coefficient (Wildman–Crippen LogP) is 6.78. The molecule has 5 nitrogen and oxygen atoms in total. The number of aliphatic hydroxyl groups is 1. The fourth-order valence-electron chi connectivity index (χ4n) is 4.72. The highest BCUT2D eigenvalue weighted by molar-refractivity contribution is 5.91. The highest BCUT2D eigenvalue weighted by Gasteiger charge is 2.44. The first-order valence-corrected chi connectivity index (χ1v) is 11.9. The number of para-hydroxylation sites is 1. The Morgan fingerprint density at radius 2 is 1.53 bits per heavy atom. The molecule has 0 bridgehead atoms. The van der Waals surface area contributed by atoms with Crippen molar-refractivity contribution in [1.82, 2.24) is 0 Å². The van der Waals surface area contributed by atoms with Gasteiger partial charge in [0.25, 0.3) is 0 Å². The summed E-state index contributed by atoms with van der Waals surface area (Å²) < 4.78 is 19.0. The Hall–Kier alpha value is -4.16. The van der Waals surface area contributed by atoms with Gasteiger partial charge < -0.3 is 14.9 Å². The van der Waals surface area contributed by atoms with E-state index in [2.05, 4.69) is 0 Å². The third-order valence-electron chi connectivity index (χ3n) is 6.55. The van der Waals surface area contributed by atoms with E-state index >= 15 is 0 Å². The number of phenols is 1. The number of benzene rings is 4. The number of amides is 1. The van der Waals surface area contributed by atoms with Crippen LogP contribution in [0.4, 0.5) is 14.9 Å². The lowest BCUT2D eigenvalue weighted by atomic mass is 9.92. The van der Waals surface area contributed by atoms with Crippen molar-refractivity contribution in [1.29, 1.82) is 0 Å². The normalized spacial score (nSPS) is 18.2. The average Bonchev–Trinajstić information content (AvgIpc) is 3.24. The van der Waals surface area contributed by atoms with E-state index in [1.165, 1.54) is 12.1 Å². The zero-order chi connectivity index (χ0) is 25.1. The van der Waals surface area contributed by atoms with Crippen molar-refractivity contribution in [3.8, 4) is 16.9 Å². The highest BCUT2D eigenvalue weighted by Crippen LogP contribution is 2.43. The number of aromatic hydroxyl groups is 1. The molecule has 0 aromatic heterocycles. The number of carbonyl (C=O) groups excluding carboxylic acids is 1. The van der Waals surface area contributed by atoms with Gasteiger partial charge in [0.2, 0.25) is 0 Å². The average molecular weight is 484 g/mol. The molecule has 1 fully saturated rings. The van der Waals surface area contributed by atoms with Gasteiger partial charge in [-0.2, -0.15) is 0 Å². The number of anilines is 1. The number of carbonyl (C=O) groups is 1. The van der Waals surface area contributed by atoms with Gasteiger partial charge in [-0.25, -0.2) is 9.18 Å². The van der Waals surface area contributed by atoms with Gasteiger partial charge >= 0.3 is 6.09 Å². The van der Waals surface area contributed by atoms with E-state index < -0.39 is 24.3 Å². The van der Waals surface area contributed by atoms with Crippen LogP contribution in [-0.2, 0) is 4.74 Å². The number of aliphatic hydroxyl groups excluding tert-OH is 1. The molecule has 1 heterocycles. The van der Waals surface area contributed by atoms with Gasteiger partial charge in [-0.3, -0.25) is 4.90 Å². The first-order valence-electron chi connectivity index (χ1n) is 11.9. The summed E-state index contributed by atoms with van der Waals surface area (Å²) in [6.07, 6.45) is -1.32. The monoisotopic (exact) mass is 483 g/mol. The van der Waals surface area contributed by atoms with E-state index in [1.54, 1.807) is 23.1 Å². The lowest BCUT2D eigenvalue weighted by Crippen LogP contribution is -2.29. The second-order valence-corrected chi connectivity index (χ2v) is 8.86. The Balaban J connectivity index is 1.46. The molecule has 182 valence electrons. The molecule has 3 unspecified atom stereocenters. The summed E-state index contributed by atoms with van der Waals surface area (Å²) in [6.45, 7) is 0. The van der Waals surface area contributed by atoms with Gasteiger partial charge in [0.1, 0.15) is 23.7 Å². The number of rotatable bonds is 7. The predicted molar refractivity (Wildman–Crippen MR) is 136 cm³/mol. The van der Waals surface area contributed by atoms with Crippen LogP contribution < -0.4 is 4.90 Å². The number of hydrogen-bond acceptors (Lipinski definition) is 4. The van der Waals surface area contributed by atoms with Gasteiger partial charge in [-0.1, -0.05) is 72.8 Å². The van der Waals surface area contributed by atoms with Crippen LogP contribution in [0.2, 0.25) is 0 Å². The summed E-state index contributed by atoms with van der Waals surface area (Å²) in [6, 6.07) is 29.4. The van der Waals surface area contributed by atoms with Crippen LogP contribution in [0.25, 0.3) is 11.1 Å². The van der Waals surface area contributed by atoms with Crippen LogP contribution in [0.5, 0.6) is 5.75 Å². The van der Waals surface area contributed by atoms with Gasteiger partial charge in [0.05, 0.1) is 6.10 Å². The molecule has 1 aliphatic heterocycles. The maximum absolute atomic E-state index is 13.3. The number of hydrogen-bond donors (Lipinski definition) is 2. The Labute approximate surface area is 209 Å². The van der Waals surface area contributed by atoms with Crippen molar-refractivity contribution >= 4 is 11.8 Å². The standard InChI is InChI=1S/C30H26FNO4/c31-23-14-11-21(12-15-23)26(33)17-18-28-29(32(30(35)36-28)24-9-5-2-6-10-24)25-16-13-22(19-27(25)34)20-7-3-1-4-8-20/h1-16,19,26,28-29,33-34H,17-18H2. The third kappa shape index (κ3) is 4.81. The summed E-state index contributed by atoms with van der Waals surface area (Å²) >= 11 is 0. The van der Waals surface area contributed by atoms with E-state index in [-0.39, 0.29) is 11.6 Å². The Kier molecular flexibility index (Phi) is 6.69. The first kappa shape index (κ1) is 23.6. The zero-order valence-corrected chi connectivity index (χ0v) is 19.5. The number of halogens is 1. The van der Waals surface area contributed by atoms with Crippen molar-refractivity contribution in [3.05, 3.63) is 120 Å². The van der Waals surface area contributed by atoms with Crippen molar-refractivity contribution < 1.29 is 24.1 Å². The molecule has 1 saturated heterocycles. The van der Waals surface area contributed by atoms with E-state index in [0.717, 1.165) is 11.1 Å².